The molecule has 0 saturated heterocycles. The number of rotatable bonds is 5. The Hall–Kier alpha value is -1.24. The van der Waals surface area contributed by atoms with Gasteiger partial charge >= 0.3 is 0 Å². The van der Waals surface area contributed by atoms with E-state index in [4.69, 9.17) is 4.74 Å². The molecule has 1 rings (SSSR count). The lowest BCUT2D eigenvalue weighted by Crippen LogP contribution is -2.09. The zero-order valence-electron chi connectivity index (χ0n) is 9.92. The van der Waals surface area contributed by atoms with E-state index in [1.54, 1.807) is 0 Å². The standard InChI is InChI=1S/C14H20O/c1-5-11(3)13-7-9-14(10-8-13)15-12(4)6-2/h7-10,12H,3,5-6H2,1-2,4H3. The lowest BCUT2D eigenvalue weighted by molar-refractivity contribution is 0.217. The van der Waals surface area contributed by atoms with Crippen LogP contribution >= 0.6 is 0 Å². The fourth-order valence-corrected chi connectivity index (χ4v) is 1.29. The van der Waals surface area contributed by atoms with Crippen LogP contribution in [0.4, 0.5) is 0 Å². The molecule has 0 amide bonds. The van der Waals surface area contributed by atoms with Crippen molar-refractivity contribution in [1.82, 2.24) is 0 Å². The van der Waals surface area contributed by atoms with Crippen LogP contribution in [0, 0.1) is 0 Å². The van der Waals surface area contributed by atoms with E-state index in [1.165, 1.54) is 11.1 Å². The summed E-state index contributed by atoms with van der Waals surface area (Å²) in [7, 11) is 0. The number of hydrogen-bond acceptors (Lipinski definition) is 1. The zero-order chi connectivity index (χ0) is 11.3. The maximum absolute atomic E-state index is 5.70. The molecule has 0 N–H and O–H groups in total. The second-order valence-corrected chi connectivity index (χ2v) is 3.82. The molecule has 0 bridgehead atoms. The molecule has 0 aliphatic carbocycles. The Bertz CT molecular complexity index is 311. The third-order valence-electron chi connectivity index (χ3n) is 2.60. The quantitative estimate of drug-likeness (QED) is 0.695. The van der Waals surface area contributed by atoms with Crippen molar-refractivity contribution in [3.63, 3.8) is 0 Å². The second-order valence-electron chi connectivity index (χ2n) is 3.82. The summed E-state index contributed by atoms with van der Waals surface area (Å²) in [5.41, 5.74) is 2.37. The predicted octanol–water partition coefficient (Wildman–Crippen LogP) is 4.29. The van der Waals surface area contributed by atoms with Crippen LogP contribution in [0.3, 0.4) is 0 Å². The molecule has 1 unspecified atom stereocenters. The molecule has 15 heavy (non-hydrogen) atoms. The number of ether oxygens (including phenoxy) is 1. The largest absolute Gasteiger partial charge is 0.491 e. The van der Waals surface area contributed by atoms with Crippen molar-refractivity contribution in [2.75, 3.05) is 0 Å². The van der Waals surface area contributed by atoms with Gasteiger partial charge in [-0.05, 0) is 43.0 Å². The summed E-state index contributed by atoms with van der Waals surface area (Å²) in [4.78, 5) is 0. The highest BCUT2D eigenvalue weighted by Crippen LogP contribution is 2.20. The van der Waals surface area contributed by atoms with Crippen LogP contribution in [-0.2, 0) is 0 Å². The third-order valence-corrected chi connectivity index (χ3v) is 2.60. The van der Waals surface area contributed by atoms with Crippen molar-refractivity contribution in [3.05, 3.63) is 36.4 Å². The Kier molecular flexibility index (Phi) is 4.41. The van der Waals surface area contributed by atoms with Gasteiger partial charge in [0.15, 0.2) is 0 Å². The summed E-state index contributed by atoms with van der Waals surface area (Å²) in [6.45, 7) is 10.3. The van der Waals surface area contributed by atoms with Crippen LogP contribution in [-0.4, -0.2) is 6.10 Å². The van der Waals surface area contributed by atoms with E-state index < -0.39 is 0 Å². The van der Waals surface area contributed by atoms with E-state index in [0.717, 1.165) is 18.6 Å². The van der Waals surface area contributed by atoms with Crippen molar-refractivity contribution >= 4 is 5.57 Å². The van der Waals surface area contributed by atoms with Crippen molar-refractivity contribution in [1.29, 1.82) is 0 Å². The van der Waals surface area contributed by atoms with Crippen LogP contribution in [0.5, 0.6) is 5.75 Å². The maximum Gasteiger partial charge on any atom is 0.119 e. The van der Waals surface area contributed by atoms with Gasteiger partial charge < -0.3 is 4.74 Å². The van der Waals surface area contributed by atoms with Gasteiger partial charge in [0.2, 0.25) is 0 Å². The second kappa shape index (κ2) is 5.59. The zero-order valence-corrected chi connectivity index (χ0v) is 9.92. The molecule has 1 aromatic carbocycles. The van der Waals surface area contributed by atoms with Crippen molar-refractivity contribution < 1.29 is 4.74 Å². The van der Waals surface area contributed by atoms with Crippen molar-refractivity contribution in [2.24, 2.45) is 0 Å². The molecule has 0 aliphatic heterocycles. The molecular formula is C14H20O. The van der Waals surface area contributed by atoms with Crippen molar-refractivity contribution in [3.8, 4) is 5.75 Å². The summed E-state index contributed by atoms with van der Waals surface area (Å²) in [6.07, 6.45) is 2.31. The molecule has 0 spiro atoms. The van der Waals surface area contributed by atoms with E-state index in [9.17, 15) is 0 Å². The molecule has 1 heteroatoms. The summed E-state index contributed by atoms with van der Waals surface area (Å²) in [5, 5.41) is 0. The highest BCUT2D eigenvalue weighted by Gasteiger charge is 2.01. The first-order chi connectivity index (χ1) is 7.17. The van der Waals surface area contributed by atoms with E-state index >= 15 is 0 Å². The molecule has 0 aliphatic rings. The molecule has 0 aromatic heterocycles. The fourth-order valence-electron chi connectivity index (χ4n) is 1.29. The summed E-state index contributed by atoms with van der Waals surface area (Å²) in [6, 6.07) is 8.18. The maximum atomic E-state index is 5.70. The van der Waals surface area contributed by atoms with E-state index in [1.807, 2.05) is 12.1 Å². The van der Waals surface area contributed by atoms with Gasteiger partial charge in [-0.25, -0.2) is 0 Å². The minimum Gasteiger partial charge on any atom is -0.491 e. The third kappa shape index (κ3) is 3.43. The molecular weight excluding hydrogens is 184 g/mol. The van der Waals surface area contributed by atoms with Crippen LogP contribution in [0.15, 0.2) is 30.8 Å². The normalized spacial score (nSPS) is 12.2. The van der Waals surface area contributed by atoms with Crippen LogP contribution in [0.25, 0.3) is 5.57 Å². The monoisotopic (exact) mass is 204 g/mol. The summed E-state index contributed by atoms with van der Waals surface area (Å²) in [5.74, 6) is 0.942. The molecule has 1 atom stereocenters. The van der Waals surface area contributed by atoms with Crippen LogP contribution in [0.2, 0.25) is 0 Å². The highest BCUT2D eigenvalue weighted by atomic mass is 16.5. The van der Waals surface area contributed by atoms with Gasteiger partial charge in [0.1, 0.15) is 5.75 Å². The summed E-state index contributed by atoms with van der Waals surface area (Å²) >= 11 is 0. The Morgan fingerprint density at radius 2 is 1.87 bits per heavy atom. The van der Waals surface area contributed by atoms with Crippen LogP contribution in [0.1, 0.15) is 39.2 Å². The molecule has 82 valence electrons. The smallest absolute Gasteiger partial charge is 0.119 e. The minimum absolute atomic E-state index is 0.283. The van der Waals surface area contributed by atoms with Gasteiger partial charge in [0, 0.05) is 0 Å². The topological polar surface area (TPSA) is 9.23 Å². The Morgan fingerprint density at radius 3 is 2.33 bits per heavy atom. The molecule has 0 fully saturated rings. The number of benzene rings is 1. The van der Waals surface area contributed by atoms with Gasteiger partial charge in [-0.2, -0.15) is 0 Å². The lowest BCUT2D eigenvalue weighted by atomic mass is 10.1. The number of allylic oxidation sites excluding steroid dienone is 1. The summed E-state index contributed by atoms with van der Waals surface area (Å²) < 4.78 is 5.70. The Balaban J connectivity index is 2.68. The number of hydrogen-bond donors (Lipinski definition) is 0. The van der Waals surface area contributed by atoms with Gasteiger partial charge in [-0.15, -0.1) is 0 Å². The van der Waals surface area contributed by atoms with Gasteiger partial charge in [-0.3, -0.25) is 0 Å². The van der Waals surface area contributed by atoms with Gasteiger partial charge in [0.25, 0.3) is 0 Å². The van der Waals surface area contributed by atoms with Crippen molar-refractivity contribution in [2.45, 2.75) is 39.7 Å². The average Bonchev–Trinajstić information content (AvgIpc) is 2.29. The predicted molar refractivity (Wildman–Crippen MR) is 66.1 cm³/mol. The molecule has 1 aromatic rings. The molecule has 0 heterocycles. The SMILES string of the molecule is C=C(CC)c1ccc(OC(C)CC)cc1. The molecule has 0 saturated carbocycles. The van der Waals surface area contributed by atoms with Crippen LogP contribution < -0.4 is 4.74 Å². The minimum atomic E-state index is 0.283. The fraction of sp³-hybridized carbons (Fsp3) is 0.429. The first kappa shape index (κ1) is 11.8. The van der Waals surface area contributed by atoms with Gasteiger partial charge in [-0.1, -0.05) is 32.6 Å². The first-order valence-corrected chi connectivity index (χ1v) is 5.62. The lowest BCUT2D eigenvalue weighted by Gasteiger charge is -2.13. The average molecular weight is 204 g/mol. The Morgan fingerprint density at radius 1 is 1.27 bits per heavy atom. The van der Waals surface area contributed by atoms with E-state index in [0.29, 0.717) is 0 Å². The molecule has 1 nitrogen and oxygen atoms in total. The highest BCUT2D eigenvalue weighted by molar-refractivity contribution is 5.63. The Labute approximate surface area is 92.8 Å². The molecule has 0 radical (unpaired) electrons. The first-order valence-electron chi connectivity index (χ1n) is 5.62. The van der Waals surface area contributed by atoms with E-state index in [2.05, 4.69) is 39.5 Å². The van der Waals surface area contributed by atoms with E-state index in [-0.39, 0.29) is 6.10 Å². The van der Waals surface area contributed by atoms with Gasteiger partial charge in [0.05, 0.1) is 6.10 Å².